The van der Waals surface area contributed by atoms with Gasteiger partial charge in [-0.05, 0) is 67.1 Å². The fourth-order valence-electron chi connectivity index (χ4n) is 3.16. The van der Waals surface area contributed by atoms with Gasteiger partial charge in [0.25, 0.3) is 0 Å². The van der Waals surface area contributed by atoms with Crippen LogP contribution in [0.4, 0.5) is 4.39 Å². The fraction of sp³-hybridized carbons (Fsp3) is 0.381. The summed E-state index contributed by atoms with van der Waals surface area (Å²) in [7, 11) is 0. The first-order valence-electron chi connectivity index (χ1n) is 8.69. The molecular formula is C21H27ClFNO2. The number of carbonyl (C=O) groups excluding carboxylic acids is 1. The van der Waals surface area contributed by atoms with Gasteiger partial charge in [0.15, 0.2) is 0 Å². The number of hydrogen-bond donors (Lipinski definition) is 1. The maximum atomic E-state index is 14.6. The molecule has 0 spiro atoms. The molecule has 2 rings (SSSR count). The molecule has 0 aromatic heterocycles. The molecule has 1 atom stereocenters. The average Bonchev–Trinajstić information content (AvgIpc) is 2.57. The Morgan fingerprint density at radius 3 is 2.50 bits per heavy atom. The zero-order chi connectivity index (χ0) is 18.6. The summed E-state index contributed by atoms with van der Waals surface area (Å²) in [4.78, 5) is 11.7. The summed E-state index contributed by atoms with van der Waals surface area (Å²) in [6.07, 6.45) is 0.847. The molecule has 5 heteroatoms. The molecule has 0 bridgehead atoms. The lowest BCUT2D eigenvalue weighted by atomic mass is 9.89. The molecule has 0 amide bonds. The topological polar surface area (TPSA) is 52.3 Å². The van der Waals surface area contributed by atoms with Gasteiger partial charge >= 0.3 is 5.97 Å². The van der Waals surface area contributed by atoms with Gasteiger partial charge in [0.2, 0.25) is 0 Å². The highest BCUT2D eigenvalue weighted by molar-refractivity contribution is 5.85. The van der Waals surface area contributed by atoms with Gasteiger partial charge in [-0.25, -0.2) is 4.39 Å². The van der Waals surface area contributed by atoms with Crippen molar-refractivity contribution in [3.05, 3.63) is 58.4 Å². The number of nitrogens with two attached hydrogens (primary N) is 1. The summed E-state index contributed by atoms with van der Waals surface area (Å²) in [5.41, 5.74) is 11.4. The van der Waals surface area contributed by atoms with Crippen LogP contribution in [0.1, 0.15) is 48.6 Å². The van der Waals surface area contributed by atoms with Crippen molar-refractivity contribution in [1.29, 1.82) is 0 Å². The van der Waals surface area contributed by atoms with Gasteiger partial charge in [0.05, 0.1) is 13.0 Å². The van der Waals surface area contributed by atoms with Gasteiger partial charge in [-0.3, -0.25) is 4.79 Å². The molecule has 0 radical (unpaired) electrons. The van der Waals surface area contributed by atoms with Crippen LogP contribution >= 0.6 is 12.4 Å². The van der Waals surface area contributed by atoms with E-state index in [1.807, 2.05) is 25.1 Å². The molecule has 0 aliphatic rings. The van der Waals surface area contributed by atoms with Crippen molar-refractivity contribution in [2.75, 3.05) is 6.61 Å². The normalized spacial score (nSPS) is 11.6. The number of ether oxygens (including phenoxy) is 1. The molecule has 0 saturated heterocycles. The molecule has 3 nitrogen and oxygen atoms in total. The largest absolute Gasteiger partial charge is 0.466 e. The van der Waals surface area contributed by atoms with Crippen molar-refractivity contribution in [1.82, 2.24) is 0 Å². The average molecular weight is 380 g/mol. The summed E-state index contributed by atoms with van der Waals surface area (Å²) < 4.78 is 19.6. The van der Waals surface area contributed by atoms with E-state index in [9.17, 15) is 9.18 Å². The van der Waals surface area contributed by atoms with E-state index in [-0.39, 0.29) is 31.3 Å². The highest BCUT2D eigenvalue weighted by Crippen LogP contribution is 2.33. The number of benzene rings is 2. The Kier molecular flexibility index (Phi) is 8.25. The van der Waals surface area contributed by atoms with Gasteiger partial charge in [-0.1, -0.05) is 25.1 Å². The molecule has 142 valence electrons. The van der Waals surface area contributed by atoms with E-state index in [1.54, 1.807) is 19.9 Å². The number of halogens is 2. The maximum absolute atomic E-state index is 14.6. The Bertz CT molecular complexity index is 777. The van der Waals surface area contributed by atoms with Crippen LogP contribution in [0.15, 0.2) is 30.3 Å². The van der Waals surface area contributed by atoms with Gasteiger partial charge in [-0.15, -0.1) is 12.4 Å². The Morgan fingerprint density at radius 2 is 1.88 bits per heavy atom. The van der Waals surface area contributed by atoms with Gasteiger partial charge in [-0.2, -0.15) is 0 Å². The lowest BCUT2D eigenvalue weighted by Crippen LogP contribution is -2.19. The Morgan fingerprint density at radius 1 is 1.19 bits per heavy atom. The molecule has 2 N–H and O–H groups in total. The first-order chi connectivity index (χ1) is 11.9. The first-order valence-corrected chi connectivity index (χ1v) is 8.69. The summed E-state index contributed by atoms with van der Waals surface area (Å²) >= 11 is 0. The highest BCUT2D eigenvalue weighted by atomic mass is 35.5. The van der Waals surface area contributed by atoms with E-state index in [2.05, 4.69) is 13.0 Å². The number of esters is 1. The number of rotatable bonds is 6. The van der Waals surface area contributed by atoms with Crippen LogP contribution < -0.4 is 5.73 Å². The number of aryl methyl sites for hydroxylation is 3. The second-order valence-electron chi connectivity index (χ2n) is 6.27. The minimum absolute atomic E-state index is 0. The quantitative estimate of drug-likeness (QED) is 0.715. The summed E-state index contributed by atoms with van der Waals surface area (Å²) in [5, 5.41) is 0. The van der Waals surface area contributed by atoms with Crippen LogP contribution in [-0.2, 0) is 16.0 Å². The number of hydrogen-bond acceptors (Lipinski definition) is 3. The van der Waals surface area contributed by atoms with Crippen LogP contribution in [0.5, 0.6) is 0 Å². The van der Waals surface area contributed by atoms with E-state index >= 15 is 0 Å². The molecule has 0 aliphatic heterocycles. The fourth-order valence-corrected chi connectivity index (χ4v) is 3.16. The second kappa shape index (κ2) is 9.70. The predicted octanol–water partition coefficient (Wildman–Crippen LogP) is 5.05. The molecule has 26 heavy (non-hydrogen) atoms. The zero-order valence-electron chi connectivity index (χ0n) is 15.8. The molecule has 2 aromatic carbocycles. The summed E-state index contributed by atoms with van der Waals surface area (Å²) in [6, 6.07) is 9.05. The molecular weight excluding hydrogens is 353 g/mol. The lowest BCUT2D eigenvalue weighted by molar-refractivity contribution is -0.143. The number of carbonyl (C=O) groups is 1. The van der Waals surface area contributed by atoms with Crippen LogP contribution in [0.3, 0.4) is 0 Å². The third-order valence-corrected chi connectivity index (χ3v) is 4.40. The smallest absolute Gasteiger partial charge is 0.307 e. The van der Waals surface area contributed by atoms with Gasteiger partial charge in [0.1, 0.15) is 5.82 Å². The monoisotopic (exact) mass is 379 g/mol. The third-order valence-electron chi connectivity index (χ3n) is 4.40. The van der Waals surface area contributed by atoms with Crippen molar-refractivity contribution in [2.45, 2.75) is 46.6 Å². The van der Waals surface area contributed by atoms with Crippen molar-refractivity contribution < 1.29 is 13.9 Å². The maximum Gasteiger partial charge on any atom is 0.307 e. The second-order valence-corrected chi connectivity index (χ2v) is 6.27. The Hall–Kier alpha value is -1.91. The van der Waals surface area contributed by atoms with Gasteiger partial charge in [0, 0.05) is 11.6 Å². The van der Waals surface area contributed by atoms with Crippen molar-refractivity contribution >= 4 is 18.4 Å². The molecule has 0 fully saturated rings. The van der Waals surface area contributed by atoms with Crippen molar-refractivity contribution in [2.24, 2.45) is 5.73 Å². The zero-order valence-corrected chi connectivity index (χ0v) is 16.6. The minimum atomic E-state index is -0.730. The van der Waals surface area contributed by atoms with Crippen molar-refractivity contribution in [3.63, 3.8) is 0 Å². The minimum Gasteiger partial charge on any atom is -0.466 e. The summed E-state index contributed by atoms with van der Waals surface area (Å²) in [5.74, 6) is -0.769. The Labute approximate surface area is 161 Å². The third kappa shape index (κ3) is 4.83. The molecule has 2 aromatic rings. The SMILES string of the molecule is CCOC(=O)C[C@H](N)c1cc(-c2c(C)cccc2CC)cc(C)c1F.Cl. The van der Waals surface area contributed by atoms with E-state index in [0.717, 1.165) is 23.1 Å². The molecule has 0 saturated carbocycles. The summed E-state index contributed by atoms with van der Waals surface area (Å²) in [6.45, 7) is 7.90. The van der Waals surface area contributed by atoms with Crippen molar-refractivity contribution in [3.8, 4) is 11.1 Å². The predicted molar refractivity (Wildman–Crippen MR) is 106 cm³/mol. The first kappa shape index (κ1) is 22.1. The van der Waals surface area contributed by atoms with E-state index in [4.69, 9.17) is 10.5 Å². The molecule has 0 heterocycles. The molecule has 0 aliphatic carbocycles. The van der Waals surface area contributed by atoms with E-state index in [0.29, 0.717) is 11.1 Å². The van der Waals surface area contributed by atoms with Crippen LogP contribution in [-0.4, -0.2) is 12.6 Å². The standard InChI is InChI=1S/C21H26FNO2.ClH/c1-5-15-9-7-8-13(3)20(15)16-10-14(4)21(22)17(11-16)18(23)12-19(24)25-6-2;/h7-11,18H,5-6,12,23H2,1-4H3;1H/t18-;/m0./s1. The molecule has 0 unspecified atom stereocenters. The Balaban J connectivity index is 0.00000338. The highest BCUT2D eigenvalue weighted by Gasteiger charge is 2.20. The lowest BCUT2D eigenvalue weighted by Gasteiger charge is -2.18. The van der Waals surface area contributed by atoms with Crippen LogP contribution in [0.2, 0.25) is 0 Å². The van der Waals surface area contributed by atoms with Gasteiger partial charge < -0.3 is 10.5 Å². The van der Waals surface area contributed by atoms with Crippen LogP contribution in [0.25, 0.3) is 11.1 Å². The van der Waals surface area contributed by atoms with E-state index < -0.39 is 12.0 Å². The van der Waals surface area contributed by atoms with Crippen LogP contribution in [0, 0.1) is 19.7 Å². The van der Waals surface area contributed by atoms with E-state index in [1.165, 1.54) is 5.56 Å².